The second kappa shape index (κ2) is 9.24. The zero-order chi connectivity index (χ0) is 21.8. The van der Waals surface area contributed by atoms with E-state index in [1.54, 1.807) is 29.7 Å². The second-order valence-electron chi connectivity index (χ2n) is 7.48. The molecule has 2 aromatic carbocycles. The van der Waals surface area contributed by atoms with Crippen LogP contribution in [0.2, 0.25) is 0 Å². The molecule has 4 aromatic rings. The third-order valence-corrected chi connectivity index (χ3v) is 6.43. The third kappa shape index (κ3) is 4.36. The molecule has 0 saturated carbocycles. The molecule has 1 aliphatic heterocycles. The highest BCUT2D eigenvalue weighted by molar-refractivity contribution is 7.10. The average Bonchev–Trinajstić information content (AvgIpc) is 3.32. The number of carbonyl (C=O) groups is 1. The molecule has 0 spiro atoms. The highest BCUT2D eigenvalue weighted by atomic mass is 32.1. The molecule has 0 N–H and O–H groups in total. The fourth-order valence-corrected chi connectivity index (χ4v) is 4.87. The second-order valence-corrected chi connectivity index (χ2v) is 8.48. The monoisotopic (exact) mass is 442 g/mol. The lowest BCUT2D eigenvalue weighted by Crippen LogP contribution is -2.42. The third-order valence-electron chi connectivity index (χ3n) is 5.43. The molecule has 0 bridgehead atoms. The largest absolute Gasteiger partial charge is 0.484 e. The summed E-state index contributed by atoms with van der Waals surface area (Å²) in [6.45, 7) is 0.647. The molecular weight excluding hydrogens is 420 g/mol. The van der Waals surface area contributed by atoms with Crippen LogP contribution in [0.25, 0.3) is 0 Å². The van der Waals surface area contributed by atoms with Crippen LogP contribution >= 0.6 is 11.3 Å². The fourth-order valence-electron chi connectivity index (χ4n) is 3.96. The zero-order valence-corrected chi connectivity index (χ0v) is 18.2. The van der Waals surface area contributed by atoms with Crippen molar-refractivity contribution in [3.8, 4) is 17.4 Å². The van der Waals surface area contributed by atoms with Crippen molar-refractivity contribution >= 4 is 17.2 Å². The van der Waals surface area contributed by atoms with Crippen LogP contribution in [0, 0.1) is 0 Å². The Balaban J connectivity index is 1.30. The summed E-state index contributed by atoms with van der Waals surface area (Å²) < 4.78 is 11.6. The van der Waals surface area contributed by atoms with Crippen LogP contribution in [0.5, 0.6) is 17.4 Å². The van der Waals surface area contributed by atoms with Gasteiger partial charge >= 0.3 is 0 Å². The summed E-state index contributed by atoms with van der Waals surface area (Å²) in [4.78, 5) is 20.7. The van der Waals surface area contributed by atoms with Crippen LogP contribution in [0.1, 0.15) is 22.0 Å². The summed E-state index contributed by atoms with van der Waals surface area (Å²) in [6, 6.07) is 25.0. The summed E-state index contributed by atoms with van der Waals surface area (Å²) >= 11 is 1.76. The maximum absolute atomic E-state index is 13.2. The lowest BCUT2D eigenvalue weighted by molar-refractivity contribution is -0.135. The highest BCUT2D eigenvalue weighted by Gasteiger charge is 2.32. The Morgan fingerprint density at radius 1 is 1.00 bits per heavy atom. The average molecular weight is 443 g/mol. The molecular formula is C26H22N2O3S. The molecule has 0 radical (unpaired) electrons. The van der Waals surface area contributed by atoms with E-state index in [0.29, 0.717) is 23.9 Å². The number of benzene rings is 2. The molecule has 160 valence electrons. The summed E-state index contributed by atoms with van der Waals surface area (Å²) in [5, 5.41) is 2.11. The number of fused-ring (bicyclic) bond motifs is 1. The molecule has 0 aliphatic carbocycles. The highest BCUT2D eigenvalue weighted by Crippen LogP contribution is 2.37. The van der Waals surface area contributed by atoms with Gasteiger partial charge in [-0.05, 0) is 47.2 Å². The smallest absolute Gasteiger partial charge is 0.261 e. The van der Waals surface area contributed by atoms with Crippen LogP contribution in [0.3, 0.4) is 0 Å². The van der Waals surface area contributed by atoms with Gasteiger partial charge in [-0.25, -0.2) is 4.98 Å². The van der Waals surface area contributed by atoms with E-state index in [1.807, 2.05) is 53.4 Å². The van der Waals surface area contributed by atoms with Gasteiger partial charge in [0.1, 0.15) is 11.5 Å². The van der Waals surface area contributed by atoms with Crippen LogP contribution in [-0.4, -0.2) is 28.9 Å². The Hall–Kier alpha value is -3.64. The van der Waals surface area contributed by atoms with E-state index < -0.39 is 0 Å². The SMILES string of the molecule is O=C(COc1cccc(Oc2ccccn2)c1)N1CCc2sccc2[C@H]1c1ccccc1. The van der Waals surface area contributed by atoms with Gasteiger partial charge in [0.2, 0.25) is 5.88 Å². The van der Waals surface area contributed by atoms with Gasteiger partial charge in [0.15, 0.2) is 6.61 Å². The van der Waals surface area contributed by atoms with Crippen molar-refractivity contribution in [2.75, 3.05) is 13.2 Å². The molecule has 0 unspecified atom stereocenters. The van der Waals surface area contributed by atoms with Crippen molar-refractivity contribution in [1.29, 1.82) is 0 Å². The number of amides is 1. The Labute approximate surface area is 190 Å². The Morgan fingerprint density at radius 3 is 2.69 bits per heavy atom. The molecule has 2 aromatic heterocycles. The van der Waals surface area contributed by atoms with E-state index in [2.05, 4.69) is 28.6 Å². The van der Waals surface area contributed by atoms with E-state index in [1.165, 1.54) is 10.4 Å². The standard InChI is InChI=1S/C26H22N2O3S/c29-25(18-30-20-9-6-10-21(17-20)31-24-11-4-5-14-27-24)28-15-12-23-22(13-16-32-23)26(28)19-7-2-1-3-8-19/h1-11,13-14,16-17,26H,12,15,18H2/t26-/m1/s1. The summed E-state index contributed by atoms with van der Waals surface area (Å²) in [6.07, 6.45) is 2.55. The molecule has 0 saturated heterocycles. The van der Waals surface area contributed by atoms with Crippen molar-refractivity contribution in [2.45, 2.75) is 12.5 Å². The van der Waals surface area contributed by atoms with E-state index in [0.717, 1.165) is 12.0 Å². The molecule has 1 amide bonds. The first-order valence-electron chi connectivity index (χ1n) is 10.5. The zero-order valence-electron chi connectivity index (χ0n) is 17.4. The van der Waals surface area contributed by atoms with E-state index in [4.69, 9.17) is 9.47 Å². The topological polar surface area (TPSA) is 51.7 Å². The first kappa shape index (κ1) is 20.3. The molecule has 6 heteroatoms. The van der Waals surface area contributed by atoms with Crippen molar-refractivity contribution in [1.82, 2.24) is 9.88 Å². The van der Waals surface area contributed by atoms with Crippen LogP contribution in [0.4, 0.5) is 0 Å². The molecule has 1 atom stereocenters. The van der Waals surface area contributed by atoms with E-state index >= 15 is 0 Å². The van der Waals surface area contributed by atoms with Crippen LogP contribution in [-0.2, 0) is 11.2 Å². The predicted octanol–water partition coefficient (Wildman–Crippen LogP) is 5.49. The number of rotatable bonds is 6. The maximum Gasteiger partial charge on any atom is 0.261 e. The van der Waals surface area contributed by atoms with Crippen molar-refractivity contribution < 1.29 is 14.3 Å². The number of nitrogens with zero attached hydrogens (tertiary/aromatic N) is 2. The van der Waals surface area contributed by atoms with Gasteiger partial charge in [0.25, 0.3) is 5.91 Å². The fraction of sp³-hybridized carbons (Fsp3) is 0.154. The minimum atomic E-state index is -0.0823. The molecule has 0 fully saturated rings. The van der Waals surface area contributed by atoms with Crippen molar-refractivity contribution in [3.63, 3.8) is 0 Å². The van der Waals surface area contributed by atoms with Crippen LogP contribution < -0.4 is 9.47 Å². The van der Waals surface area contributed by atoms with E-state index in [9.17, 15) is 4.79 Å². The maximum atomic E-state index is 13.2. The number of ether oxygens (including phenoxy) is 2. The van der Waals surface area contributed by atoms with Crippen molar-refractivity contribution in [2.24, 2.45) is 0 Å². The summed E-state index contributed by atoms with van der Waals surface area (Å²) in [5.74, 6) is 1.66. The predicted molar refractivity (Wildman–Crippen MR) is 124 cm³/mol. The normalized spacial score (nSPS) is 15.1. The minimum absolute atomic E-state index is 0.0319. The summed E-state index contributed by atoms with van der Waals surface area (Å²) in [7, 11) is 0. The van der Waals surface area contributed by atoms with Crippen molar-refractivity contribution in [3.05, 3.63) is 106 Å². The Morgan fingerprint density at radius 2 is 1.84 bits per heavy atom. The number of hydrogen-bond donors (Lipinski definition) is 0. The van der Waals surface area contributed by atoms with Gasteiger partial charge in [-0.1, -0.05) is 42.5 Å². The van der Waals surface area contributed by atoms with Gasteiger partial charge in [0.05, 0.1) is 6.04 Å². The van der Waals surface area contributed by atoms with Crippen LogP contribution in [0.15, 0.2) is 90.4 Å². The summed E-state index contributed by atoms with van der Waals surface area (Å²) in [5.41, 5.74) is 2.33. The minimum Gasteiger partial charge on any atom is -0.484 e. The number of thiophene rings is 1. The molecule has 1 aliphatic rings. The number of pyridine rings is 1. The van der Waals surface area contributed by atoms with Gasteiger partial charge in [0, 0.05) is 29.8 Å². The van der Waals surface area contributed by atoms with Gasteiger partial charge in [-0.15, -0.1) is 11.3 Å². The first-order chi connectivity index (χ1) is 15.8. The first-order valence-corrected chi connectivity index (χ1v) is 11.4. The number of hydrogen-bond acceptors (Lipinski definition) is 5. The molecule has 3 heterocycles. The number of aromatic nitrogens is 1. The molecule has 5 rings (SSSR count). The Bertz CT molecular complexity index is 1190. The lowest BCUT2D eigenvalue weighted by Gasteiger charge is -2.36. The Kier molecular flexibility index (Phi) is 5.85. The number of carbonyl (C=O) groups excluding carboxylic acids is 1. The quantitative estimate of drug-likeness (QED) is 0.396. The molecule has 32 heavy (non-hydrogen) atoms. The van der Waals surface area contributed by atoms with Gasteiger partial charge < -0.3 is 14.4 Å². The van der Waals surface area contributed by atoms with Gasteiger partial charge in [-0.2, -0.15) is 0 Å². The van der Waals surface area contributed by atoms with E-state index in [-0.39, 0.29) is 18.6 Å². The lowest BCUT2D eigenvalue weighted by atomic mass is 9.93. The van der Waals surface area contributed by atoms with Gasteiger partial charge in [-0.3, -0.25) is 4.79 Å². The molecule has 5 nitrogen and oxygen atoms in total.